The van der Waals surface area contributed by atoms with E-state index in [4.69, 9.17) is 0 Å². The second-order valence-corrected chi connectivity index (χ2v) is 3.23. The number of carbonyl (C=O) groups excluding carboxylic acids is 1. The number of hydrogen-bond acceptors (Lipinski definition) is 4. The largest absolute Gasteiger partial charge is 0.433 e. The quantitative estimate of drug-likeness (QED) is 0.413. The predicted molar refractivity (Wildman–Crippen MR) is 51.6 cm³/mol. The van der Waals surface area contributed by atoms with Crippen LogP contribution in [-0.4, -0.2) is 31.4 Å². The van der Waals surface area contributed by atoms with Gasteiger partial charge in [-0.15, -0.1) is 0 Å². The molecule has 0 aliphatic rings. The molecule has 0 aromatic heterocycles. The van der Waals surface area contributed by atoms with Crippen molar-refractivity contribution in [2.75, 3.05) is 19.1 Å². The number of oxime groups is 1. The van der Waals surface area contributed by atoms with Crippen LogP contribution < -0.4 is 5.32 Å². The first-order valence-corrected chi connectivity index (χ1v) is 5.01. The molecule has 1 unspecified atom stereocenters. The van der Waals surface area contributed by atoms with Crippen molar-refractivity contribution < 1.29 is 9.63 Å². The van der Waals surface area contributed by atoms with Crippen molar-refractivity contribution in [2.24, 2.45) is 11.1 Å². The molecule has 0 aliphatic carbocycles. The van der Waals surface area contributed by atoms with Gasteiger partial charge in [0.1, 0.15) is 0 Å². The molecule has 0 spiro atoms. The van der Waals surface area contributed by atoms with Crippen LogP contribution in [0, 0.1) is 5.92 Å². The van der Waals surface area contributed by atoms with E-state index in [9.17, 15) is 4.79 Å². The normalized spacial score (nSPS) is 12.9. The molecular weight excluding hydrogens is 176 g/mol. The smallest absolute Gasteiger partial charge is 0.323 e. The van der Waals surface area contributed by atoms with E-state index in [-0.39, 0.29) is 0 Å². The number of hydrogen-bond donors (Lipinski definition) is 1. The van der Waals surface area contributed by atoms with Crippen LogP contribution in [0.4, 0.5) is 4.79 Å². The molecule has 0 bridgehead atoms. The molecule has 0 fully saturated rings. The fourth-order valence-electron chi connectivity index (χ4n) is 0.534. The summed E-state index contributed by atoms with van der Waals surface area (Å²) in [5, 5.41) is 5.80. The Morgan fingerprint density at radius 1 is 1.83 bits per heavy atom. The number of nitrogens with zero attached hydrogens (tertiary/aromatic N) is 1. The molecule has 0 aromatic carbocycles. The van der Waals surface area contributed by atoms with Crippen molar-refractivity contribution in [3.05, 3.63) is 0 Å². The Hall–Kier alpha value is -0.710. The van der Waals surface area contributed by atoms with Gasteiger partial charge in [-0.3, -0.25) is 4.84 Å². The first-order valence-electron chi connectivity index (χ1n) is 3.61. The third-order valence-corrected chi connectivity index (χ3v) is 1.94. The molecule has 1 amide bonds. The predicted octanol–water partition coefficient (Wildman–Crippen LogP) is 1.33. The van der Waals surface area contributed by atoms with Crippen LogP contribution >= 0.6 is 11.8 Å². The van der Waals surface area contributed by atoms with Gasteiger partial charge in [-0.25, -0.2) is 4.79 Å². The average Bonchev–Trinajstić information content (AvgIpc) is 2.04. The number of rotatable bonds is 4. The summed E-state index contributed by atoms with van der Waals surface area (Å²) in [4.78, 5) is 14.9. The topological polar surface area (TPSA) is 50.7 Å². The van der Waals surface area contributed by atoms with Crippen LogP contribution in [0.15, 0.2) is 5.16 Å². The van der Waals surface area contributed by atoms with Gasteiger partial charge >= 0.3 is 6.09 Å². The van der Waals surface area contributed by atoms with Crippen molar-refractivity contribution in [2.45, 2.75) is 6.92 Å². The zero-order valence-electron chi connectivity index (χ0n) is 7.53. The zero-order valence-corrected chi connectivity index (χ0v) is 8.35. The lowest BCUT2D eigenvalue weighted by atomic mass is 10.2. The lowest BCUT2D eigenvalue weighted by Crippen LogP contribution is -2.17. The Labute approximate surface area is 76.7 Å². The third kappa shape index (κ3) is 6.03. The Morgan fingerprint density at radius 3 is 3.00 bits per heavy atom. The maximum absolute atomic E-state index is 10.5. The van der Waals surface area contributed by atoms with Crippen LogP contribution in [0.25, 0.3) is 0 Å². The Balaban J connectivity index is 3.53. The van der Waals surface area contributed by atoms with Gasteiger partial charge in [0.05, 0.1) is 0 Å². The van der Waals surface area contributed by atoms with Gasteiger partial charge in [-0.2, -0.15) is 11.8 Å². The van der Waals surface area contributed by atoms with Gasteiger partial charge < -0.3 is 5.32 Å². The second kappa shape index (κ2) is 6.97. The standard InChI is InChI=1S/C7H14N2O2S/c1-6(5-12-3)4-9-11-7(10)8-2/h4,6H,5H2,1-3H3,(H,8,10)/b9-4-. The molecule has 0 radical (unpaired) electrons. The molecule has 5 heteroatoms. The average molecular weight is 190 g/mol. The van der Waals surface area contributed by atoms with Crippen molar-refractivity contribution in [3.63, 3.8) is 0 Å². The molecule has 70 valence electrons. The van der Waals surface area contributed by atoms with Crippen LogP contribution in [0.3, 0.4) is 0 Å². The van der Waals surface area contributed by atoms with Gasteiger partial charge in [0.25, 0.3) is 0 Å². The monoisotopic (exact) mass is 190 g/mol. The van der Waals surface area contributed by atoms with E-state index >= 15 is 0 Å². The van der Waals surface area contributed by atoms with Crippen molar-refractivity contribution in [1.82, 2.24) is 5.32 Å². The minimum Gasteiger partial charge on any atom is -0.323 e. The summed E-state index contributed by atoms with van der Waals surface area (Å²) >= 11 is 1.73. The molecule has 0 saturated carbocycles. The van der Waals surface area contributed by atoms with Crippen LogP contribution in [0.5, 0.6) is 0 Å². The fourth-order valence-corrected chi connectivity index (χ4v) is 1.15. The minimum atomic E-state index is -0.539. The molecule has 0 rings (SSSR count). The van der Waals surface area contributed by atoms with E-state index in [1.165, 1.54) is 7.05 Å². The van der Waals surface area contributed by atoms with E-state index in [1.807, 2.05) is 13.2 Å². The molecule has 1 atom stereocenters. The van der Waals surface area contributed by atoms with Crippen molar-refractivity contribution in [1.29, 1.82) is 0 Å². The summed E-state index contributed by atoms with van der Waals surface area (Å²) < 4.78 is 0. The van der Waals surface area contributed by atoms with Crippen molar-refractivity contribution in [3.8, 4) is 0 Å². The second-order valence-electron chi connectivity index (χ2n) is 2.32. The van der Waals surface area contributed by atoms with E-state index < -0.39 is 6.09 Å². The lowest BCUT2D eigenvalue weighted by Gasteiger charge is -2.00. The highest BCUT2D eigenvalue weighted by Gasteiger charge is 1.97. The van der Waals surface area contributed by atoms with Gasteiger partial charge in [0, 0.05) is 24.9 Å². The first kappa shape index (κ1) is 11.3. The molecule has 1 N–H and O–H groups in total. The first-order chi connectivity index (χ1) is 5.70. The summed E-state index contributed by atoms with van der Waals surface area (Å²) in [6, 6.07) is 0. The van der Waals surface area contributed by atoms with E-state index in [1.54, 1.807) is 18.0 Å². The molecular formula is C7H14N2O2S. The number of carbonyl (C=O) groups is 1. The van der Waals surface area contributed by atoms with Crippen LogP contribution in [0.1, 0.15) is 6.92 Å². The maximum atomic E-state index is 10.5. The Bertz CT molecular complexity index is 161. The molecule has 0 heterocycles. The highest BCUT2D eigenvalue weighted by molar-refractivity contribution is 7.98. The summed E-state index contributed by atoms with van der Waals surface area (Å²) in [6.07, 6.45) is 3.10. The molecule has 0 aliphatic heterocycles. The molecule has 0 aromatic rings. The van der Waals surface area contributed by atoms with E-state index in [0.29, 0.717) is 5.92 Å². The van der Waals surface area contributed by atoms with Gasteiger partial charge in [0.15, 0.2) is 0 Å². The summed E-state index contributed by atoms with van der Waals surface area (Å²) in [6.45, 7) is 2.01. The zero-order chi connectivity index (χ0) is 9.40. The summed E-state index contributed by atoms with van der Waals surface area (Å²) in [5.41, 5.74) is 0. The lowest BCUT2D eigenvalue weighted by molar-refractivity contribution is 0.153. The number of amides is 1. The van der Waals surface area contributed by atoms with Crippen molar-refractivity contribution >= 4 is 24.1 Å². The van der Waals surface area contributed by atoms with E-state index in [2.05, 4.69) is 15.3 Å². The highest BCUT2D eigenvalue weighted by Crippen LogP contribution is 2.01. The maximum Gasteiger partial charge on any atom is 0.433 e. The SMILES string of the molecule is CNC(=O)O/N=C\C(C)CSC. The molecule has 4 nitrogen and oxygen atoms in total. The van der Waals surface area contributed by atoms with Crippen LogP contribution in [0.2, 0.25) is 0 Å². The third-order valence-electron chi connectivity index (χ3n) is 1.08. The van der Waals surface area contributed by atoms with E-state index in [0.717, 1.165) is 5.75 Å². The Morgan fingerprint density at radius 2 is 2.50 bits per heavy atom. The fraction of sp³-hybridized carbons (Fsp3) is 0.714. The Kier molecular flexibility index (Phi) is 6.55. The van der Waals surface area contributed by atoms with Gasteiger partial charge in [0.2, 0.25) is 0 Å². The molecule has 12 heavy (non-hydrogen) atoms. The summed E-state index contributed by atoms with van der Waals surface area (Å²) in [7, 11) is 1.49. The van der Waals surface area contributed by atoms with Gasteiger partial charge in [-0.1, -0.05) is 12.1 Å². The van der Waals surface area contributed by atoms with Gasteiger partial charge in [-0.05, 0) is 6.26 Å². The molecule has 0 saturated heterocycles. The number of nitrogens with one attached hydrogen (secondary N) is 1. The highest BCUT2D eigenvalue weighted by atomic mass is 32.2. The summed E-state index contributed by atoms with van der Waals surface area (Å²) in [5.74, 6) is 1.30. The number of thioether (sulfide) groups is 1. The van der Waals surface area contributed by atoms with Crippen LogP contribution in [-0.2, 0) is 4.84 Å². The minimum absolute atomic E-state index is 0.324.